The summed E-state index contributed by atoms with van der Waals surface area (Å²) >= 11 is 0. The van der Waals surface area contributed by atoms with Gasteiger partial charge in [0.05, 0.1) is 18.3 Å². The van der Waals surface area contributed by atoms with Gasteiger partial charge in [-0.15, -0.1) is 13.2 Å². The number of halogens is 3. The second kappa shape index (κ2) is 11.2. The summed E-state index contributed by atoms with van der Waals surface area (Å²) in [5, 5.41) is 9.58. The summed E-state index contributed by atoms with van der Waals surface area (Å²) in [6.45, 7) is 9.83. The van der Waals surface area contributed by atoms with Crippen molar-refractivity contribution in [3.63, 3.8) is 0 Å². The van der Waals surface area contributed by atoms with Gasteiger partial charge in [0.1, 0.15) is 11.5 Å². The lowest BCUT2D eigenvalue weighted by Crippen LogP contribution is -2.36. The lowest BCUT2D eigenvalue weighted by molar-refractivity contribution is -0.274. The minimum absolute atomic E-state index is 0.0395. The Hall–Kier alpha value is -4.01. The van der Waals surface area contributed by atoms with E-state index in [1.165, 1.54) is 12.1 Å². The Morgan fingerprint density at radius 1 is 0.895 bits per heavy atom. The fourth-order valence-corrected chi connectivity index (χ4v) is 3.84. The maximum absolute atomic E-state index is 12.9. The van der Waals surface area contributed by atoms with Crippen molar-refractivity contribution in [2.45, 2.75) is 59.0 Å². The molecule has 0 saturated carbocycles. The molecule has 0 aliphatic carbocycles. The number of carbonyl (C=O) groups excluding carboxylic acids is 1. The van der Waals surface area contributed by atoms with Gasteiger partial charge in [0.25, 0.3) is 0 Å². The molecule has 0 spiro atoms. The number of carboxylic acid groups (broad SMARTS) is 1. The average Bonchev–Trinajstić information content (AvgIpc) is 2.81. The quantitative estimate of drug-likeness (QED) is 0.335. The Balaban J connectivity index is 2.09. The van der Waals surface area contributed by atoms with Gasteiger partial charge in [0.15, 0.2) is 0 Å². The largest absolute Gasteiger partial charge is 0.573 e. The fraction of sp³-hybridized carbons (Fsp3) is 0.310. The zero-order chi connectivity index (χ0) is 28.3. The van der Waals surface area contributed by atoms with Crippen molar-refractivity contribution in [3.05, 3.63) is 77.9 Å². The van der Waals surface area contributed by atoms with Crippen LogP contribution in [0, 0.1) is 0 Å². The molecule has 3 aromatic rings. The SMILES string of the molecule is CC(C)Oc1ccc(N(Cc2ccc(C(C)(C)C)cc2)C(=O)C(=O)O)c(-c2ccc(OC(F)(F)F)cc2)c1. The average molecular weight is 530 g/mol. The highest BCUT2D eigenvalue weighted by Crippen LogP contribution is 2.37. The summed E-state index contributed by atoms with van der Waals surface area (Å²) in [6.07, 6.45) is -5.01. The number of hydrogen-bond acceptors (Lipinski definition) is 4. The first-order valence-electron chi connectivity index (χ1n) is 11.9. The van der Waals surface area contributed by atoms with E-state index >= 15 is 0 Å². The summed E-state index contributed by atoms with van der Waals surface area (Å²) in [5.41, 5.74) is 2.80. The van der Waals surface area contributed by atoms with Crippen LogP contribution in [-0.4, -0.2) is 29.4 Å². The van der Waals surface area contributed by atoms with E-state index in [-0.39, 0.29) is 23.8 Å². The number of carboxylic acids is 1. The van der Waals surface area contributed by atoms with E-state index in [0.29, 0.717) is 22.4 Å². The Morgan fingerprint density at radius 2 is 1.47 bits per heavy atom. The summed E-state index contributed by atoms with van der Waals surface area (Å²) < 4.78 is 47.6. The number of aliphatic carboxylic acids is 1. The molecule has 9 heteroatoms. The third-order valence-corrected chi connectivity index (χ3v) is 5.62. The van der Waals surface area contributed by atoms with Crippen molar-refractivity contribution < 1.29 is 37.3 Å². The van der Waals surface area contributed by atoms with Gasteiger partial charge in [-0.2, -0.15) is 0 Å². The molecule has 0 atom stereocenters. The first-order valence-corrected chi connectivity index (χ1v) is 11.9. The van der Waals surface area contributed by atoms with Crippen LogP contribution in [0.3, 0.4) is 0 Å². The van der Waals surface area contributed by atoms with E-state index in [2.05, 4.69) is 25.5 Å². The number of ether oxygens (including phenoxy) is 2. The lowest BCUT2D eigenvalue weighted by Gasteiger charge is -2.26. The van der Waals surface area contributed by atoms with Crippen LogP contribution in [0.1, 0.15) is 45.7 Å². The number of nitrogens with zero attached hydrogens (tertiary/aromatic N) is 1. The summed E-state index contributed by atoms with van der Waals surface area (Å²) in [7, 11) is 0. The van der Waals surface area contributed by atoms with Crippen LogP contribution in [0.5, 0.6) is 11.5 Å². The van der Waals surface area contributed by atoms with Crippen molar-refractivity contribution in [1.82, 2.24) is 0 Å². The van der Waals surface area contributed by atoms with Crippen molar-refractivity contribution in [3.8, 4) is 22.6 Å². The third kappa shape index (κ3) is 7.50. The normalized spacial score (nSPS) is 11.8. The number of benzene rings is 3. The molecular formula is C29H30F3NO5. The second-order valence-corrected chi connectivity index (χ2v) is 10.1. The molecule has 6 nitrogen and oxygen atoms in total. The Bertz CT molecular complexity index is 1280. The van der Waals surface area contributed by atoms with Crippen LogP contribution in [0.4, 0.5) is 18.9 Å². The standard InChI is InChI=1S/C29H30F3NO5/c1-18(2)37-23-14-15-25(24(16-23)20-8-12-22(13-9-20)38-29(30,31)32)33(26(34)27(35)36)17-19-6-10-21(11-7-19)28(3,4)5/h6-16,18H,17H2,1-5H3,(H,35,36). The monoisotopic (exact) mass is 529 g/mol. The minimum Gasteiger partial charge on any atom is -0.491 e. The molecule has 0 heterocycles. The first kappa shape index (κ1) is 28.6. The highest BCUT2D eigenvalue weighted by atomic mass is 19.4. The second-order valence-electron chi connectivity index (χ2n) is 10.1. The molecule has 0 radical (unpaired) electrons. The van der Waals surface area contributed by atoms with Crippen LogP contribution >= 0.6 is 0 Å². The molecule has 38 heavy (non-hydrogen) atoms. The predicted molar refractivity (Wildman–Crippen MR) is 138 cm³/mol. The van der Waals surface area contributed by atoms with Gasteiger partial charge in [-0.1, -0.05) is 57.2 Å². The molecule has 1 amide bonds. The van der Waals surface area contributed by atoms with Crippen LogP contribution in [0.25, 0.3) is 11.1 Å². The molecule has 0 aliphatic heterocycles. The van der Waals surface area contributed by atoms with Crippen molar-refractivity contribution in [2.24, 2.45) is 0 Å². The topological polar surface area (TPSA) is 76.1 Å². The Kier molecular flexibility index (Phi) is 8.39. The molecule has 0 bridgehead atoms. The molecule has 3 aromatic carbocycles. The molecule has 0 fully saturated rings. The number of rotatable bonds is 7. The molecule has 0 aliphatic rings. The van der Waals surface area contributed by atoms with Crippen LogP contribution in [0.2, 0.25) is 0 Å². The first-order chi connectivity index (χ1) is 17.6. The van der Waals surface area contributed by atoms with Gasteiger partial charge >= 0.3 is 18.2 Å². The molecule has 0 unspecified atom stereocenters. The van der Waals surface area contributed by atoms with Crippen LogP contribution in [0.15, 0.2) is 66.7 Å². The lowest BCUT2D eigenvalue weighted by atomic mass is 9.86. The third-order valence-electron chi connectivity index (χ3n) is 5.62. The van der Waals surface area contributed by atoms with E-state index in [1.807, 2.05) is 38.1 Å². The molecule has 1 N–H and O–H groups in total. The number of anilines is 1. The summed E-state index contributed by atoms with van der Waals surface area (Å²) in [6, 6.07) is 17.4. The van der Waals surface area contributed by atoms with Gasteiger partial charge in [0, 0.05) is 5.56 Å². The van der Waals surface area contributed by atoms with E-state index in [4.69, 9.17) is 4.74 Å². The number of alkyl halides is 3. The molecule has 0 saturated heterocycles. The number of carbonyl (C=O) groups is 2. The van der Waals surface area contributed by atoms with Crippen LogP contribution in [-0.2, 0) is 21.5 Å². The van der Waals surface area contributed by atoms with Gasteiger partial charge in [-0.05, 0) is 66.3 Å². The van der Waals surface area contributed by atoms with E-state index in [9.17, 15) is 27.9 Å². The zero-order valence-corrected chi connectivity index (χ0v) is 21.8. The Morgan fingerprint density at radius 3 is 1.97 bits per heavy atom. The number of amides is 1. The highest BCUT2D eigenvalue weighted by Gasteiger charge is 2.31. The van der Waals surface area contributed by atoms with Crippen molar-refractivity contribution in [2.75, 3.05) is 4.90 Å². The summed E-state index contributed by atoms with van der Waals surface area (Å²) in [5.74, 6) is -2.75. The Labute approximate surface area is 219 Å². The van der Waals surface area contributed by atoms with E-state index in [1.54, 1.807) is 18.2 Å². The van der Waals surface area contributed by atoms with Crippen LogP contribution < -0.4 is 14.4 Å². The van der Waals surface area contributed by atoms with Gasteiger partial charge in [-0.3, -0.25) is 9.69 Å². The molecular weight excluding hydrogens is 499 g/mol. The summed E-state index contributed by atoms with van der Waals surface area (Å²) in [4.78, 5) is 25.8. The maximum Gasteiger partial charge on any atom is 0.573 e. The van der Waals surface area contributed by atoms with E-state index in [0.717, 1.165) is 22.6 Å². The maximum atomic E-state index is 12.9. The molecule has 3 rings (SSSR count). The fourth-order valence-electron chi connectivity index (χ4n) is 3.84. The smallest absolute Gasteiger partial charge is 0.491 e. The number of hydrogen-bond donors (Lipinski definition) is 1. The van der Waals surface area contributed by atoms with Crippen molar-refractivity contribution >= 4 is 17.6 Å². The van der Waals surface area contributed by atoms with Gasteiger partial charge in [0.2, 0.25) is 0 Å². The predicted octanol–water partition coefficient (Wildman–Crippen LogP) is 6.95. The minimum atomic E-state index is -4.84. The molecule has 0 aromatic heterocycles. The highest BCUT2D eigenvalue weighted by molar-refractivity contribution is 6.37. The van der Waals surface area contributed by atoms with E-state index < -0.39 is 24.0 Å². The zero-order valence-electron chi connectivity index (χ0n) is 21.8. The van der Waals surface area contributed by atoms with Gasteiger partial charge in [-0.25, -0.2) is 4.79 Å². The molecule has 202 valence electrons. The van der Waals surface area contributed by atoms with Gasteiger partial charge < -0.3 is 14.6 Å². The van der Waals surface area contributed by atoms with Crippen molar-refractivity contribution in [1.29, 1.82) is 0 Å².